The normalized spacial score (nSPS) is 11.3. The van der Waals surface area contributed by atoms with E-state index in [4.69, 9.17) is 5.26 Å². The molecular weight excluding hydrogens is 220 g/mol. The van der Waals surface area contributed by atoms with E-state index in [2.05, 4.69) is 34.7 Å². The average molecular weight is 231 g/mol. The first-order valence-corrected chi connectivity index (χ1v) is 4.44. The second-order valence-electron chi connectivity index (χ2n) is 3.09. The molecule has 1 rings (SSSR count). The van der Waals surface area contributed by atoms with Gasteiger partial charge in [0.1, 0.15) is 0 Å². The number of halogens is 1. The van der Waals surface area contributed by atoms with Crippen molar-refractivity contribution in [3.63, 3.8) is 0 Å². The quantitative estimate of drug-likeness (QED) is 0.481. The maximum Gasteiger partial charge on any atom is 0.165 e. The summed E-state index contributed by atoms with van der Waals surface area (Å²) in [7, 11) is 0. The Kier molecular flexibility index (Phi) is 2.75. The van der Waals surface area contributed by atoms with Gasteiger partial charge < -0.3 is 4.89 Å². The minimum atomic E-state index is -0.0407. The van der Waals surface area contributed by atoms with Crippen LogP contribution >= 0.6 is 15.9 Å². The average Bonchev–Trinajstić information content (AvgIpc) is 2.03. The van der Waals surface area contributed by atoms with Crippen LogP contribution < -0.4 is 4.89 Å². The lowest BCUT2D eigenvalue weighted by molar-refractivity contribution is -0.137. The van der Waals surface area contributed by atoms with Crippen LogP contribution in [0.25, 0.3) is 0 Å². The predicted octanol–water partition coefficient (Wildman–Crippen LogP) is 3.17. The molecule has 2 nitrogen and oxygen atoms in total. The van der Waals surface area contributed by atoms with E-state index in [-0.39, 0.29) is 4.32 Å². The van der Waals surface area contributed by atoms with Gasteiger partial charge in [0, 0.05) is 4.32 Å². The fourth-order valence-corrected chi connectivity index (χ4v) is 1.18. The standard InChI is InChI=1S/C9H11BrO2/c1-9(2,10)7-3-5-8(12-11)6-4-7/h3-6,11H,1-2H3. The van der Waals surface area contributed by atoms with E-state index in [0.29, 0.717) is 5.75 Å². The maximum absolute atomic E-state index is 8.32. The molecule has 0 saturated heterocycles. The summed E-state index contributed by atoms with van der Waals surface area (Å²) in [6, 6.07) is 7.25. The van der Waals surface area contributed by atoms with E-state index in [1.807, 2.05) is 12.1 Å². The zero-order valence-corrected chi connectivity index (χ0v) is 8.63. The molecule has 1 aromatic carbocycles. The van der Waals surface area contributed by atoms with Gasteiger partial charge in [0.15, 0.2) is 5.75 Å². The van der Waals surface area contributed by atoms with Crippen molar-refractivity contribution in [3.05, 3.63) is 29.8 Å². The lowest BCUT2D eigenvalue weighted by atomic mass is 10.0. The lowest BCUT2D eigenvalue weighted by Crippen LogP contribution is -2.05. The van der Waals surface area contributed by atoms with Gasteiger partial charge >= 0.3 is 0 Å². The molecule has 66 valence electrons. The summed E-state index contributed by atoms with van der Waals surface area (Å²) in [5.41, 5.74) is 1.14. The van der Waals surface area contributed by atoms with Crippen LogP contribution in [0.5, 0.6) is 5.75 Å². The smallest absolute Gasteiger partial charge is 0.165 e. The van der Waals surface area contributed by atoms with Crippen molar-refractivity contribution in [1.29, 1.82) is 0 Å². The van der Waals surface area contributed by atoms with Crippen LogP contribution in [0.1, 0.15) is 19.4 Å². The molecule has 0 aliphatic rings. The number of rotatable bonds is 2. The van der Waals surface area contributed by atoms with Crippen LogP contribution in [0.15, 0.2) is 24.3 Å². The van der Waals surface area contributed by atoms with Gasteiger partial charge in [-0.2, -0.15) is 0 Å². The van der Waals surface area contributed by atoms with Crippen molar-refractivity contribution in [3.8, 4) is 5.75 Å². The highest BCUT2D eigenvalue weighted by Crippen LogP contribution is 2.30. The minimum absolute atomic E-state index is 0.0407. The molecule has 1 aromatic rings. The van der Waals surface area contributed by atoms with E-state index in [0.717, 1.165) is 5.56 Å². The topological polar surface area (TPSA) is 29.5 Å². The van der Waals surface area contributed by atoms with Crippen LogP contribution in [0.2, 0.25) is 0 Å². The highest BCUT2D eigenvalue weighted by atomic mass is 79.9. The predicted molar refractivity (Wildman–Crippen MR) is 51.7 cm³/mol. The summed E-state index contributed by atoms with van der Waals surface area (Å²) in [5, 5.41) is 8.32. The Morgan fingerprint density at radius 2 is 1.75 bits per heavy atom. The van der Waals surface area contributed by atoms with E-state index >= 15 is 0 Å². The molecule has 0 fully saturated rings. The van der Waals surface area contributed by atoms with Gasteiger partial charge in [0.05, 0.1) is 0 Å². The highest BCUT2D eigenvalue weighted by Gasteiger charge is 2.15. The first-order valence-electron chi connectivity index (χ1n) is 3.65. The summed E-state index contributed by atoms with van der Waals surface area (Å²) >= 11 is 3.53. The van der Waals surface area contributed by atoms with Crippen molar-refractivity contribution < 1.29 is 10.1 Å². The molecule has 0 aliphatic heterocycles. The maximum atomic E-state index is 8.32. The largest absolute Gasteiger partial charge is 0.340 e. The van der Waals surface area contributed by atoms with Gasteiger partial charge in [0.2, 0.25) is 0 Å². The second-order valence-corrected chi connectivity index (χ2v) is 5.07. The van der Waals surface area contributed by atoms with Gasteiger partial charge in [-0.1, -0.05) is 28.1 Å². The molecule has 1 N–H and O–H groups in total. The molecule has 0 aromatic heterocycles. The molecule has 12 heavy (non-hydrogen) atoms. The van der Waals surface area contributed by atoms with Gasteiger partial charge in [-0.25, -0.2) is 5.26 Å². The van der Waals surface area contributed by atoms with Crippen LogP contribution in [-0.2, 0) is 4.32 Å². The molecule has 0 atom stereocenters. The van der Waals surface area contributed by atoms with Crippen LogP contribution in [0.3, 0.4) is 0 Å². The van der Waals surface area contributed by atoms with Crippen molar-refractivity contribution >= 4 is 15.9 Å². The molecule has 0 aliphatic carbocycles. The third-order valence-corrected chi connectivity index (χ3v) is 2.10. The van der Waals surface area contributed by atoms with E-state index in [1.165, 1.54) is 0 Å². The summed E-state index contributed by atoms with van der Waals surface area (Å²) in [6.07, 6.45) is 0. The molecule has 0 saturated carbocycles. The Morgan fingerprint density at radius 1 is 1.25 bits per heavy atom. The molecule has 0 bridgehead atoms. The SMILES string of the molecule is CC(C)(Br)c1ccc(OO)cc1. The van der Waals surface area contributed by atoms with Gasteiger partial charge in [0.25, 0.3) is 0 Å². The Bertz CT molecular complexity index is 248. The van der Waals surface area contributed by atoms with Crippen molar-refractivity contribution in [2.75, 3.05) is 0 Å². The molecule has 0 amide bonds. The van der Waals surface area contributed by atoms with Crippen LogP contribution in [-0.4, -0.2) is 5.26 Å². The zero-order chi connectivity index (χ0) is 9.19. The second kappa shape index (κ2) is 3.46. The summed E-state index contributed by atoms with van der Waals surface area (Å²) in [4.78, 5) is 4.07. The summed E-state index contributed by atoms with van der Waals surface area (Å²) < 4.78 is -0.0407. The van der Waals surface area contributed by atoms with Crippen LogP contribution in [0.4, 0.5) is 0 Å². The molecular formula is C9H11BrO2. The van der Waals surface area contributed by atoms with Crippen molar-refractivity contribution in [2.45, 2.75) is 18.2 Å². The fraction of sp³-hybridized carbons (Fsp3) is 0.333. The number of alkyl halides is 1. The summed E-state index contributed by atoms with van der Waals surface area (Å²) in [6.45, 7) is 4.11. The fourth-order valence-electron chi connectivity index (χ4n) is 0.912. The van der Waals surface area contributed by atoms with Gasteiger partial charge in [-0.15, -0.1) is 0 Å². The number of benzene rings is 1. The molecule has 0 unspecified atom stereocenters. The Morgan fingerprint density at radius 3 is 2.08 bits per heavy atom. The van der Waals surface area contributed by atoms with Crippen molar-refractivity contribution in [2.24, 2.45) is 0 Å². The molecule has 0 heterocycles. The van der Waals surface area contributed by atoms with E-state index < -0.39 is 0 Å². The van der Waals surface area contributed by atoms with E-state index in [1.54, 1.807) is 12.1 Å². The minimum Gasteiger partial charge on any atom is -0.340 e. The molecule has 3 heteroatoms. The van der Waals surface area contributed by atoms with Crippen molar-refractivity contribution in [1.82, 2.24) is 0 Å². The molecule has 0 spiro atoms. The first-order chi connectivity index (χ1) is 5.54. The monoisotopic (exact) mass is 230 g/mol. The zero-order valence-electron chi connectivity index (χ0n) is 7.04. The summed E-state index contributed by atoms with van der Waals surface area (Å²) in [5.74, 6) is 0.454. The lowest BCUT2D eigenvalue weighted by Gasteiger charge is -2.16. The number of hydrogen-bond acceptors (Lipinski definition) is 2. The third kappa shape index (κ3) is 2.22. The van der Waals surface area contributed by atoms with Gasteiger partial charge in [-0.3, -0.25) is 0 Å². The highest BCUT2D eigenvalue weighted by molar-refractivity contribution is 9.09. The third-order valence-electron chi connectivity index (χ3n) is 1.65. The van der Waals surface area contributed by atoms with E-state index in [9.17, 15) is 0 Å². The Balaban J connectivity index is 2.93. The molecule has 0 radical (unpaired) electrons. The number of hydrogen-bond donors (Lipinski definition) is 1. The van der Waals surface area contributed by atoms with Crippen LogP contribution in [0, 0.1) is 0 Å². The Hall–Kier alpha value is -0.540. The Labute approximate surface area is 80.2 Å². The van der Waals surface area contributed by atoms with Gasteiger partial charge in [-0.05, 0) is 31.5 Å². The first kappa shape index (κ1) is 9.55.